The Bertz CT molecular complexity index is 689. The molecule has 0 unspecified atom stereocenters. The van der Waals surface area contributed by atoms with Gasteiger partial charge in [-0.1, -0.05) is 12.1 Å². The first-order valence-electron chi connectivity index (χ1n) is 7.05. The van der Waals surface area contributed by atoms with E-state index in [0.717, 1.165) is 16.9 Å². The molecule has 0 saturated heterocycles. The van der Waals surface area contributed by atoms with E-state index in [4.69, 9.17) is 19.5 Å². The van der Waals surface area contributed by atoms with Crippen molar-refractivity contribution in [3.8, 4) is 23.3 Å². The van der Waals surface area contributed by atoms with E-state index >= 15 is 0 Å². The van der Waals surface area contributed by atoms with E-state index in [9.17, 15) is 0 Å². The van der Waals surface area contributed by atoms with Crippen molar-refractivity contribution in [3.05, 3.63) is 53.1 Å². The Balaban J connectivity index is 1.91. The zero-order valence-electron chi connectivity index (χ0n) is 13.1. The Morgan fingerprint density at radius 2 is 1.64 bits per heavy atom. The number of hydrogen-bond donors (Lipinski definition) is 0. The van der Waals surface area contributed by atoms with Crippen LogP contribution in [-0.2, 0) is 0 Å². The summed E-state index contributed by atoms with van der Waals surface area (Å²) < 4.78 is 16.6. The molecule has 0 N–H and O–H groups in total. The average Bonchev–Trinajstić information content (AvgIpc) is 2.54. The van der Waals surface area contributed by atoms with Crippen molar-refractivity contribution in [3.63, 3.8) is 0 Å². The maximum Gasteiger partial charge on any atom is 0.162 e. The topological polar surface area (TPSA) is 51.5 Å². The summed E-state index contributed by atoms with van der Waals surface area (Å²) in [4.78, 5) is 0. The second-order valence-electron chi connectivity index (χ2n) is 4.94. The number of rotatable bonds is 6. The normalized spacial score (nSPS) is 9.91. The highest BCUT2D eigenvalue weighted by atomic mass is 16.5. The lowest BCUT2D eigenvalue weighted by Crippen LogP contribution is -2.10. The fourth-order valence-corrected chi connectivity index (χ4v) is 2.02. The summed E-state index contributed by atoms with van der Waals surface area (Å²) in [6, 6.07) is 13.3. The smallest absolute Gasteiger partial charge is 0.162 e. The van der Waals surface area contributed by atoms with Gasteiger partial charge in [-0.2, -0.15) is 5.26 Å². The van der Waals surface area contributed by atoms with Crippen LogP contribution in [0.15, 0.2) is 36.4 Å². The van der Waals surface area contributed by atoms with Gasteiger partial charge in [0.2, 0.25) is 0 Å². The molecule has 2 aromatic rings. The first-order chi connectivity index (χ1) is 10.6. The van der Waals surface area contributed by atoms with Crippen LogP contribution in [-0.4, -0.2) is 20.3 Å². The molecule has 4 heteroatoms. The first-order valence-corrected chi connectivity index (χ1v) is 7.05. The summed E-state index contributed by atoms with van der Waals surface area (Å²) in [6.45, 7) is 4.88. The largest absolute Gasteiger partial charge is 0.493 e. The SMILES string of the molecule is COc1cc(C#N)ccc1OCCOc1cc(C)ccc1C. The predicted octanol–water partition coefficient (Wildman–Crippen LogP) is 3.64. The molecule has 114 valence electrons. The van der Waals surface area contributed by atoms with E-state index in [1.54, 1.807) is 25.3 Å². The van der Waals surface area contributed by atoms with Gasteiger partial charge in [0.05, 0.1) is 18.7 Å². The summed E-state index contributed by atoms with van der Waals surface area (Å²) in [5.74, 6) is 2.02. The van der Waals surface area contributed by atoms with Crippen LogP contribution in [0.1, 0.15) is 16.7 Å². The molecule has 2 rings (SSSR count). The second kappa shape index (κ2) is 7.37. The van der Waals surface area contributed by atoms with E-state index < -0.39 is 0 Å². The third kappa shape index (κ3) is 3.92. The molecule has 0 saturated carbocycles. The van der Waals surface area contributed by atoms with Crippen molar-refractivity contribution >= 4 is 0 Å². The number of aryl methyl sites for hydroxylation is 2. The van der Waals surface area contributed by atoms with Crippen LogP contribution in [0.5, 0.6) is 17.2 Å². The lowest BCUT2D eigenvalue weighted by atomic mass is 10.1. The van der Waals surface area contributed by atoms with Gasteiger partial charge in [0.15, 0.2) is 11.5 Å². The second-order valence-corrected chi connectivity index (χ2v) is 4.94. The van der Waals surface area contributed by atoms with Crippen LogP contribution in [0.25, 0.3) is 0 Å². The fourth-order valence-electron chi connectivity index (χ4n) is 2.02. The summed E-state index contributed by atoms with van der Waals surface area (Å²) in [6.07, 6.45) is 0. The standard InChI is InChI=1S/C18H19NO3/c1-13-4-5-14(2)17(10-13)22-9-8-21-16-7-6-15(12-19)11-18(16)20-3/h4-7,10-11H,8-9H2,1-3H3. The number of ether oxygens (including phenoxy) is 3. The van der Waals surface area contributed by atoms with E-state index in [0.29, 0.717) is 30.3 Å². The molecule has 0 heterocycles. The molecule has 0 aliphatic rings. The molecule has 0 radical (unpaired) electrons. The van der Waals surface area contributed by atoms with Crippen LogP contribution in [0.2, 0.25) is 0 Å². The monoisotopic (exact) mass is 297 g/mol. The van der Waals surface area contributed by atoms with Crippen molar-refractivity contribution in [2.45, 2.75) is 13.8 Å². The van der Waals surface area contributed by atoms with Crippen molar-refractivity contribution in [1.82, 2.24) is 0 Å². The molecule has 0 amide bonds. The van der Waals surface area contributed by atoms with Crippen molar-refractivity contribution in [2.24, 2.45) is 0 Å². The Labute approximate surface area is 130 Å². The van der Waals surface area contributed by atoms with E-state index in [1.165, 1.54) is 0 Å². The molecule has 2 aromatic carbocycles. The summed E-state index contributed by atoms with van der Waals surface area (Å²) >= 11 is 0. The van der Waals surface area contributed by atoms with Gasteiger partial charge < -0.3 is 14.2 Å². The van der Waals surface area contributed by atoms with Crippen molar-refractivity contribution in [2.75, 3.05) is 20.3 Å². The van der Waals surface area contributed by atoms with Gasteiger partial charge in [-0.05, 0) is 43.2 Å². The van der Waals surface area contributed by atoms with Gasteiger partial charge in [0.25, 0.3) is 0 Å². The third-order valence-electron chi connectivity index (χ3n) is 3.23. The number of hydrogen-bond acceptors (Lipinski definition) is 4. The minimum Gasteiger partial charge on any atom is -0.493 e. The number of nitriles is 1. The molecular weight excluding hydrogens is 278 g/mol. The molecule has 0 aliphatic heterocycles. The fraction of sp³-hybridized carbons (Fsp3) is 0.278. The van der Waals surface area contributed by atoms with Crippen LogP contribution in [0, 0.1) is 25.2 Å². The van der Waals surface area contributed by atoms with Gasteiger partial charge >= 0.3 is 0 Å². The summed E-state index contributed by atoms with van der Waals surface area (Å²) in [5, 5.41) is 8.87. The van der Waals surface area contributed by atoms with Crippen LogP contribution in [0.4, 0.5) is 0 Å². The van der Waals surface area contributed by atoms with Gasteiger partial charge in [-0.15, -0.1) is 0 Å². The predicted molar refractivity (Wildman–Crippen MR) is 84.6 cm³/mol. The number of methoxy groups -OCH3 is 1. The highest BCUT2D eigenvalue weighted by molar-refractivity contribution is 5.46. The first kappa shape index (κ1) is 15.7. The molecule has 0 fully saturated rings. The third-order valence-corrected chi connectivity index (χ3v) is 3.23. The Morgan fingerprint density at radius 1 is 0.909 bits per heavy atom. The van der Waals surface area contributed by atoms with Gasteiger partial charge in [-0.3, -0.25) is 0 Å². The highest BCUT2D eigenvalue weighted by Crippen LogP contribution is 2.27. The van der Waals surface area contributed by atoms with Crippen molar-refractivity contribution in [1.29, 1.82) is 5.26 Å². The quantitative estimate of drug-likeness (QED) is 0.764. The molecule has 0 spiro atoms. The molecule has 0 bridgehead atoms. The number of nitrogens with zero attached hydrogens (tertiary/aromatic N) is 1. The summed E-state index contributed by atoms with van der Waals surface area (Å²) in [5.41, 5.74) is 2.80. The zero-order valence-corrected chi connectivity index (χ0v) is 13.1. The molecule has 0 atom stereocenters. The zero-order chi connectivity index (χ0) is 15.9. The van der Waals surface area contributed by atoms with E-state index in [1.807, 2.05) is 26.0 Å². The van der Waals surface area contributed by atoms with Gasteiger partial charge in [0.1, 0.15) is 19.0 Å². The minimum absolute atomic E-state index is 0.398. The van der Waals surface area contributed by atoms with E-state index in [-0.39, 0.29) is 0 Å². The maximum absolute atomic E-state index is 8.87. The van der Waals surface area contributed by atoms with Gasteiger partial charge in [-0.25, -0.2) is 0 Å². The van der Waals surface area contributed by atoms with Crippen LogP contribution in [0.3, 0.4) is 0 Å². The average molecular weight is 297 g/mol. The molecule has 0 aromatic heterocycles. The Morgan fingerprint density at radius 3 is 2.32 bits per heavy atom. The van der Waals surface area contributed by atoms with E-state index in [2.05, 4.69) is 12.1 Å². The molecule has 0 aliphatic carbocycles. The molecular formula is C18H19NO3. The molecule has 4 nitrogen and oxygen atoms in total. The van der Waals surface area contributed by atoms with Crippen molar-refractivity contribution < 1.29 is 14.2 Å². The lowest BCUT2D eigenvalue weighted by Gasteiger charge is -2.13. The summed E-state index contributed by atoms with van der Waals surface area (Å²) in [7, 11) is 1.55. The van der Waals surface area contributed by atoms with Crippen LogP contribution < -0.4 is 14.2 Å². The lowest BCUT2D eigenvalue weighted by molar-refractivity contribution is 0.210. The minimum atomic E-state index is 0.398. The Kier molecular flexibility index (Phi) is 5.26. The van der Waals surface area contributed by atoms with Crippen LogP contribution >= 0.6 is 0 Å². The highest BCUT2D eigenvalue weighted by Gasteiger charge is 2.06. The number of benzene rings is 2. The maximum atomic E-state index is 8.87. The molecule has 22 heavy (non-hydrogen) atoms. The Hall–Kier alpha value is -2.67. The van der Waals surface area contributed by atoms with Gasteiger partial charge in [0, 0.05) is 6.07 Å².